The van der Waals surface area contributed by atoms with E-state index in [1.807, 2.05) is 36.4 Å². The number of methoxy groups -OCH3 is 2. The summed E-state index contributed by atoms with van der Waals surface area (Å²) in [5, 5.41) is 3.46. The Morgan fingerprint density at radius 3 is 2.32 bits per heavy atom. The Hall–Kier alpha value is -3.19. The van der Waals surface area contributed by atoms with Crippen LogP contribution in [-0.4, -0.2) is 20.6 Å². The minimum Gasteiger partial charge on any atom is -0.497 e. The maximum absolute atomic E-state index is 12.6. The smallest absolute Gasteiger partial charge is 0.497 e. The first-order valence-electron chi connectivity index (χ1n) is 9.69. The fourth-order valence-electron chi connectivity index (χ4n) is 3.25. The molecule has 1 atom stereocenters. The van der Waals surface area contributed by atoms with Gasteiger partial charge in [0.05, 0.1) is 14.2 Å². The van der Waals surface area contributed by atoms with Crippen molar-refractivity contribution in [3.05, 3.63) is 77.9 Å². The molecule has 3 aromatic rings. The predicted octanol–water partition coefficient (Wildman–Crippen LogP) is 6.12. The summed E-state index contributed by atoms with van der Waals surface area (Å²) in [5.41, 5.74) is 3.31. The average Bonchev–Trinajstić information content (AvgIpc) is 2.76. The molecule has 3 aromatic carbocycles. The van der Waals surface area contributed by atoms with Crippen LogP contribution in [0, 0.1) is 0 Å². The molecule has 3 rings (SSSR count). The zero-order valence-corrected chi connectivity index (χ0v) is 17.5. The lowest BCUT2D eigenvalue weighted by Gasteiger charge is -2.17. The lowest BCUT2D eigenvalue weighted by atomic mass is 10.0. The zero-order chi connectivity index (χ0) is 22.4. The van der Waals surface area contributed by atoms with Gasteiger partial charge in [0, 0.05) is 18.2 Å². The van der Waals surface area contributed by atoms with Gasteiger partial charge in [-0.1, -0.05) is 30.3 Å². The van der Waals surface area contributed by atoms with E-state index < -0.39 is 6.36 Å². The monoisotopic (exact) mass is 431 g/mol. The summed E-state index contributed by atoms with van der Waals surface area (Å²) in [5.74, 6) is 1.08. The van der Waals surface area contributed by atoms with Gasteiger partial charge in [0.1, 0.15) is 17.2 Å². The van der Waals surface area contributed by atoms with Crippen LogP contribution in [0.3, 0.4) is 0 Å². The van der Waals surface area contributed by atoms with Gasteiger partial charge in [-0.25, -0.2) is 0 Å². The van der Waals surface area contributed by atoms with Crippen LogP contribution >= 0.6 is 0 Å². The Bertz CT molecular complexity index is 1020. The van der Waals surface area contributed by atoms with Crippen molar-refractivity contribution in [1.82, 2.24) is 5.32 Å². The van der Waals surface area contributed by atoms with E-state index in [1.165, 1.54) is 25.3 Å². The molecule has 0 aliphatic carbocycles. The SMILES string of the molecule is COc1cccc([C@@H](C)NCc2ccc(OC)c(-c3cccc(OC(F)(F)F)c3)c2)c1. The normalized spacial score (nSPS) is 12.3. The van der Waals surface area contributed by atoms with Gasteiger partial charge >= 0.3 is 6.36 Å². The molecule has 1 N–H and O–H groups in total. The number of hydrogen-bond donors (Lipinski definition) is 1. The summed E-state index contributed by atoms with van der Waals surface area (Å²) < 4.78 is 52.5. The van der Waals surface area contributed by atoms with E-state index in [2.05, 4.69) is 17.0 Å². The van der Waals surface area contributed by atoms with Gasteiger partial charge in [0.25, 0.3) is 0 Å². The zero-order valence-electron chi connectivity index (χ0n) is 17.5. The standard InChI is InChI=1S/C24H24F3NO3/c1-16(18-6-4-8-20(13-18)29-2)28-15-17-10-11-23(30-3)22(12-17)19-7-5-9-21(14-19)31-24(25,26)27/h4-14,16,28H,15H2,1-3H3/t16-/m1/s1. The highest BCUT2D eigenvalue weighted by atomic mass is 19.4. The molecule has 0 heterocycles. The second-order valence-electron chi connectivity index (χ2n) is 6.99. The minimum absolute atomic E-state index is 0.0733. The summed E-state index contributed by atoms with van der Waals surface area (Å²) in [6, 6.07) is 19.4. The van der Waals surface area contributed by atoms with Crippen molar-refractivity contribution in [2.24, 2.45) is 0 Å². The van der Waals surface area contributed by atoms with Gasteiger partial charge in [0.2, 0.25) is 0 Å². The van der Waals surface area contributed by atoms with Crippen LogP contribution in [0.5, 0.6) is 17.2 Å². The van der Waals surface area contributed by atoms with Crippen molar-refractivity contribution in [3.8, 4) is 28.4 Å². The number of benzene rings is 3. The molecule has 0 saturated heterocycles. The first-order chi connectivity index (χ1) is 14.8. The fourth-order valence-corrected chi connectivity index (χ4v) is 3.25. The second kappa shape index (κ2) is 9.75. The van der Waals surface area contributed by atoms with Crippen LogP contribution in [0.25, 0.3) is 11.1 Å². The Morgan fingerprint density at radius 1 is 0.871 bits per heavy atom. The first-order valence-corrected chi connectivity index (χ1v) is 9.69. The van der Waals surface area contributed by atoms with Gasteiger partial charge < -0.3 is 19.5 Å². The molecule has 0 aliphatic heterocycles. The van der Waals surface area contributed by atoms with Crippen molar-refractivity contribution in [1.29, 1.82) is 0 Å². The molecule has 0 radical (unpaired) electrons. The molecule has 164 valence electrons. The van der Waals surface area contributed by atoms with Crippen LogP contribution in [0.2, 0.25) is 0 Å². The third-order valence-corrected chi connectivity index (χ3v) is 4.85. The van der Waals surface area contributed by atoms with Crippen LogP contribution in [0.1, 0.15) is 24.1 Å². The number of hydrogen-bond acceptors (Lipinski definition) is 4. The second-order valence-corrected chi connectivity index (χ2v) is 6.99. The maximum atomic E-state index is 12.6. The van der Waals surface area contributed by atoms with E-state index in [0.29, 0.717) is 23.4 Å². The first kappa shape index (κ1) is 22.5. The maximum Gasteiger partial charge on any atom is 0.573 e. The molecule has 0 aromatic heterocycles. The number of nitrogens with one attached hydrogen (secondary N) is 1. The van der Waals surface area contributed by atoms with Crippen molar-refractivity contribution in [2.45, 2.75) is 25.9 Å². The molecule has 0 spiro atoms. The molecular weight excluding hydrogens is 407 g/mol. The van der Waals surface area contributed by atoms with Crippen molar-refractivity contribution in [3.63, 3.8) is 0 Å². The lowest BCUT2D eigenvalue weighted by Crippen LogP contribution is -2.18. The van der Waals surface area contributed by atoms with E-state index in [-0.39, 0.29) is 11.8 Å². The fraction of sp³-hybridized carbons (Fsp3) is 0.250. The summed E-state index contributed by atoms with van der Waals surface area (Å²) in [4.78, 5) is 0. The largest absolute Gasteiger partial charge is 0.573 e. The number of halogens is 3. The molecule has 0 saturated carbocycles. The summed E-state index contributed by atoms with van der Waals surface area (Å²) in [7, 11) is 3.16. The molecule has 0 fully saturated rings. The molecular formula is C24H24F3NO3. The highest BCUT2D eigenvalue weighted by molar-refractivity contribution is 5.72. The average molecular weight is 431 g/mol. The molecule has 0 aliphatic rings. The van der Waals surface area contributed by atoms with Gasteiger partial charge in [-0.15, -0.1) is 13.2 Å². The molecule has 4 nitrogen and oxygen atoms in total. The van der Waals surface area contributed by atoms with Crippen LogP contribution in [-0.2, 0) is 6.54 Å². The molecule has 0 amide bonds. The predicted molar refractivity (Wildman–Crippen MR) is 113 cm³/mol. The van der Waals surface area contributed by atoms with Crippen LogP contribution < -0.4 is 19.5 Å². The molecule has 0 unspecified atom stereocenters. The Morgan fingerprint density at radius 2 is 1.61 bits per heavy atom. The van der Waals surface area contributed by atoms with E-state index in [9.17, 15) is 13.2 Å². The third-order valence-electron chi connectivity index (χ3n) is 4.85. The van der Waals surface area contributed by atoms with E-state index in [1.54, 1.807) is 19.2 Å². The van der Waals surface area contributed by atoms with Gasteiger partial charge in [-0.05, 0) is 60.0 Å². The highest BCUT2D eigenvalue weighted by Crippen LogP contribution is 2.34. The van der Waals surface area contributed by atoms with Gasteiger partial charge in [0.15, 0.2) is 0 Å². The molecule has 7 heteroatoms. The van der Waals surface area contributed by atoms with E-state index in [0.717, 1.165) is 16.9 Å². The Kier molecular flexibility index (Phi) is 7.07. The molecule has 31 heavy (non-hydrogen) atoms. The Balaban J connectivity index is 1.80. The Labute approximate surface area is 179 Å². The number of ether oxygens (including phenoxy) is 3. The third kappa shape index (κ3) is 6.15. The van der Waals surface area contributed by atoms with Crippen LogP contribution in [0.4, 0.5) is 13.2 Å². The summed E-state index contributed by atoms with van der Waals surface area (Å²) in [6.45, 7) is 2.62. The molecule has 0 bridgehead atoms. The van der Waals surface area contributed by atoms with Crippen LogP contribution in [0.15, 0.2) is 66.7 Å². The topological polar surface area (TPSA) is 39.7 Å². The van der Waals surface area contributed by atoms with Gasteiger partial charge in [-0.3, -0.25) is 0 Å². The quantitative estimate of drug-likeness (QED) is 0.466. The lowest BCUT2D eigenvalue weighted by molar-refractivity contribution is -0.274. The van der Waals surface area contributed by atoms with E-state index >= 15 is 0 Å². The summed E-state index contributed by atoms with van der Waals surface area (Å²) in [6.07, 6.45) is -4.75. The van der Waals surface area contributed by atoms with E-state index in [4.69, 9.17) is 9.47 Å². The number of rotatable bonds is 8. The minimum atomic E-state index is -4.75. The number of alkyl halides is 3. The van der Waals surface area contributed by atoms with Gasteiger partial charge in [-0.2, -0.15) is 0 Å². The highest BCUT2D eigenvalue weighted by Gasteiger charge is 2.31. The van der Waals surface area contributed by atoms with Crippen molar-refractivity contribution in [2.75, 3.05) is 14.2 Å². The van der Waals surface area contributed by atoms with Crippen molar-refractivity contribution < 1.29 is 27.4 Å². The van der Waals surface area contributed by atoms with Crippen molar-refractivity contribution >= 4 is 0 Å². The summed E-state index contributed by atoms with van der Waals surface area (Å²) >= 11 is 0.